The van der Waals surface area contributed by atoms with Gasteiger partial charge >= 0.3 is 0 Å². The molecular weight excluding hydrogens is 212 g/mol. The Morgan fingerprint density at radius 2 is 2.29 bits per heavy atom. The van der Waals surface area contributed by atoms with E-state index in [0.29, 0.717) is 0 Å². The van der Waals surface area contributed by atoms with E-state index in [1.54, 1.807) is 0 Å². The van der Waals surface area contributed by atoms with E-state index in [0.717, 1.165) is 37.1 Å². The third kappa shape index (κ3) is 3.01. The van der Waals surface area contributed by atoms with Crippen LogP contribution in [0, 0.1) is 12.3 Å². The SMILES string of the molecule is C#Cc1cccc(NC2CCCCNC2=O)c1. The van der Waals surface area contributed by atoms with Crippen LogP contribution < -0.4 is 10.6 Å². The summed E-state index contributed by atoms with van der Waals surface area (Å²) in [7, 11) is 0. The summed E-state index contributed by atoms with van der Waals surface area (Å²) in [6.07, 6.45) is 8.32. The maximum Gasteiger partial charge on any atom is 0.242 e. The van der Waals surface area contributed by atoms with Gasteiger partial charge in [0.15, 0.2) is 0 Å². The standard InChI is InChI=1S/C14H16N2O/c1-2-11-6-5-7-12(10-11)16-13-8-3-4-9-15-14(13)17/h1,5-7,10,13,16H,3-4,8-9H2,(H,15,17). The molecule has 1 aliphatic heterocycles. The number of hydrogen-bond acceptors (Lipinski definition) is 2. The molecule has 0 spiro atoms. The Balaban J connectivity index is 2.08. The van der Waals surface area contributed by atoms with Gasteiger partial charge in [0.25, 0.3) is 0 Å². The lowest BCUT2D eigenvalue weighted by molar-refractivity contribution is -0.121. The molecule has 3 heteroatoms. The molecule has 2 rings (SSSR count). The number of rotatable bonds is 2. The summed E-state index contributed by atoms with van der Waals surface area (Å²) < 4.78 is 0. The van der Waals surface area contributed by atoms with Crippen molar-refractivity contribution in [2.75, 3.05) is 11.9 Å². The zero-order valence-electron chi connectivity index (χ0n) is 9.70. The van der Waals surface area contributed by atoms with Crippen LogP contribution >= 0.6 is 0 Å². The van der Waals surface area contributed by atoms with Gasteiger partial charge in [-0.05, 0) is 37.5 Å². The number of terminal acetylenes is 1. The highest BCUT2D eigenvalue weighted by atomic mass is 16.2. The van der Waals surface area contributed by atoms with E-state index >= 15 is 0 Å². The number of carbonyl (C=O) groups excluding carboxylic acids is 1. The third-order valence-electron chi connectivity index (χ3n) is 2.91. The number of amides is 1. The van der Waals surface area contributed by atoms with Crippen molar-refractivity contribution in [3.8, 4) is 12.3 Å². The lowest BCUT2D eigenvalue weighted by Gasteiger charge is -2.16. The van der Waals surface area contributed by atoms with Crippen molar-refractivity contribution in [3.63, 3.8) is 0 Å². The second kappa shape index (κ2) is 5.40. The minimum Gasteiger partial charge on any atom is -0.374 e. The van der Waals surface area contributed by atoms with Gasteiger partial charge in [-0.15, -0.1) is 6.42 Å². The second-order valence-corrected chi connectivity index (χ2v) is 4.21. The van der Waals surface area contributed by atoms with Crippen LogP contribution in [0.25, 0.3) is 0 Å². The Hall–Kier alpha value is -1.95. The van der Waals surface area contributed by atoms with Crippen molar-refractivity contribution in [1.29, 1.82) is 0 Å². The van der Waals surface area contributed by atoms with Gasteiger partial charge in [-0.25, -0.2) is 0 Å². The fraction of sp³-hybridized carbons (Fsp3) is 0.357. The first-order valence-electron chi connectivity index (χ1n) is 5.90. The Labute approximate surface area is 102 Å². The summed E-state index contributed by atoms with van der Waals surface area (Å²) in [5.41, 5.74) is 1.73. The minimum atomic E-state index is -0.148. The smallest absolute Gasteiger partial charge is 0.242 e. The molecule has 3 nitrogen and oxygen atoms in total. The molecule has 1 aromatic rings. The average Bonchev–Trinajstić information content (AvgIpc) is 2.55. The van der Waals surface area contributed by atoms with E-state index in [1.165, 1.54) is 0 Å². The first-order chi connectivity index (χ1) is 8.29. The van der Waals surface area contributed by atoms with E-state index in [4.69, 9.17) is 6.42 Å². The quantitative estimate of drug-likeness (QED) is 0.757. The van der Waals surface area contributed by atoms with Crippen molar-refractivity contribution in [1.82, 2.24) is 5.32 Å². The van der Waals surface area contributed by atoms with E-state index in [1.807, 2.05) is 24.3 Å². The highest BCUT2D eigenvalue weighted by Crippen LogP contribution is 2.15. The van der Waals surface area contributed by atoms with Crippen LogP contribution in [0.1, 0.15) is 24.8 Å². The van der Waals surface area contributed by atoms with Crippen molar-refractivity contribution in [3.05, 3.63) is 29.8 Å². The van der Waals surface area contributed by atoms with Crippen molar-refractivity contribution >= 4 is 11.6 Å². The van der Waals surface area contributed by atoms with Gasteiger partial charge < -0.3 is 10.6 Å². The Morgan fingerprint density at radius 3 is 3.12 bits per heavy atom. The highest BCUT2D eigenvalue weighted by Gasteiger charge is 2.19. The van der Waals surface area contributed by atoms with Gasteiger partial charge in [-0.3, -0.25) is 4.79 Å². The molecule has 1 saturated heterocycles. The zero-order chi connectivity index (χ0) is 12.1. The molecule has 0 radical (unpaired) electrons. The molecule has 0 saturated carbocycles. The first kappa shape index (κ1) is 11.5. The summed E-state index contributed by atoms with van der Waals surface area (Å²) in [5, 5.41) is 6.14. The largest absolute Gasteiger partial charge is 0.374 e. The maximum absolute atomic E-state index is 11.8. The lowest BCUT2D eigenvalue weighted by atomic mass is 10.1. The van der Waals surface area contributed by atoms with E-state index in [-0.39, 0.29) is 11.9 Å². The monoisotopic (exact) mass is 228 g/mol. The molecular formula is C14H16N2O. The van der Waals surface area contributed by atoms with Gasteiger partial charge in [0.2, 0.25) is 5.91 Å². The van der Waals surface area contributed by atoms with Crippen LogP contribution in [0.3, 0.4) is 0 Å². The molecule has 2 N–H and O–H groups in total. The molecule has 1 heterocycles. The summed E-state index contributed by atoms with van der Waals surface area (Å²) in [5.74, 6) is 2.67. The normalized spacial score (nSPS) is 19.9. The van der Waals surface area contributed by atoms with Crippen LogP contribution in [0.4, 0.5) is 5.69 Å². The number of anilines is 1. The third-order valence-corrected chi connectivity index (χ3v) is 2.91. The first-order valence-corrected chi connectivity index (χ1v) is 5.90. The zero-order valence-corrected chi connectivity index (χ0v) is 9.70. The Kier molecular flexibility index (Phi) is 3.66. The molecule has 1 aliphatic rings. The van der Waals surface area contributed by atoms with Crippen molar-refractivity contribution < 1.29 is 4.79 Å². The molecule has 0 aliphatic carbocycles. The molecule has 1 unspecified atom stereocenters. The fourth-order valence-corrected chi connectivity index (χ4v) is 1.98. The fourth-order valence-electron chi connectivity index (χ4n) is 1.98. The van der Waals surface area contributed by atoms with Crippen molar-refractivity contribution in [2.45, 2.75) is 25.3 Å². The predicted octanol–water partition coefficient (Wildman–Crippen LogP) is 1.75. The van der Waals surface area contributed by atoms with Crippen LogP contribution in [-0.4, -0.2) is 18.5 Å². The molecule has 1 amide bonds. The van der Waals surface area contributed by atoms with Gasteiger partial charge in [-0.1, -0.05) is 12.0 Å². The van der Waals surface area contributed by atoms with Gasteiger partial charge in [0.05, 0.1) is 0 Å². The van der Waals surface area contributed by atoms with Crippen molar-refractivity contribution in [2.24, 2.45) is 0 Å². The van der Waals surface area contributed by atoms with Gasteiger partial charge in [0.1, 0.15) is 6.04 Å². The Morgan fingerprint density at radius 1 is 1.41 bits per heavy atom. The Bertz CT molecular complexity index is 448. The second-order valence-electron chi connectivity index (χ2n) is 4.21. The average molecular weight is 228 g/mol. The molecule has 0 bridgehead atoms. The topological polar surface area (TPSA) is 41.1 Å². The number of carbonyl (C=O) groups is 1. The van der Waals surface area contributed by atoms with Crippen LogP contribution in [-0.2, 0) is 4.79 Å². The summed E-state index contributed by atoms with van der Waals surface area (Å²) in [6.45, 7) is 0.779. The molecule has 0 aromatic heterocycles. The van der Waals surface area contributed by atoms with E-state index in [2.05, 4.69) is 16.6 Å². The van der Waals surface area contributed by atoms with E-state index < -0.39 is 0 Å². The van der Waals surface area contributed by atoms with Crippen LogP contribution in [0.15, 0.2) is 24.3 Å². The van der Waals surface area contributed by atoms with Gasteiger partial charge in [0, 0.05) is 17.8 Å². The molecule has 1 fully saturated rings. The lowest BCUT2D eigenvalue weighted by Crippen LogP contribution is -2.37. The molecule has 1 aromatic carbocycles. The van der Waals surface area contributed by atoms with E-state index in [9.17, 15) is 4.79 Å². The van der Waals surface area contributed by atoms with Crippen LogP contribution in [0.5, 0.6) is 0 Å². The number of nitrogens with one attached hydrogen (secondary N) is 2. The summed E-state index contributed by atoms with van der Waals surface area (Å²) in [4.78, 5) is 11.8. The molecule has 88 valence electrons. The molecule has 1 atom stereocenters. The maximum atomic E-state index is 11.8. The van der Waals surface area contributed by atoms with Gasteiger partial charge in [-0.2, -0.15) is 0 Å². The summed E-state index contributed by atoms with van der Waals surface area (Å²) >= 11 is 0. The minimum absolute atomic E-state index is 0.0774. The predicted molar refractivity (Wildman–Crippen MR) is 68.6 cm³/mol. The molecule has 17 heavy (non-hydrogen) atoms. The number of benzene rings is 1. The number of hydrogen-bond donors (Lipinski definition) is 2. The summed E-state index contributed by atoms with van der Waals surface area (Å²) in [6, 6.07) is 7.44. The highest BCUT2D eigenvalue weighted by molar-refractivity contribution is 5.84. The van der Waals surface area contributed by atoms with Crippen LogP contribution in [0.2, 0.25) is 0 Å².